The summed E-state index contributed by atoms with van der Waals surface area (Å²) in [4.78, 5) is 28.7. The Morgan fingerprint density at radius 1 is 0.964 bits per heavy atom. The number of pyridine rings is 1. The molecule has 2 amide bonds. The Morgan fingerprint density at radius 3 is 2.39 bits per heavy atom. The van der Waals surface area contributed by atoms with Crippen LogP contribution in [0.2, 0.25) is 5.02 Å². The van der Waals surface area contributed by atoms with Crippen LogP contribution in [0.25, 0.3) is 0 Å². The van der Waals surface area contributed by atoms with Crippen molar-refractivity contribution in [1.29, 1.82) is 0 Å². The highest BCUT2D eigenvalue weighted by atomic mass is 35.5. The highest BCUT2D eigenvalue weighted by molar-refractivity contribution is 6.30. The third-order valence-electron chi connectivity index (χ3n) is 3.97. The van der Waals surface area contributed by atoms with Crippen LogP contribution in [0.5, 0.6) is 0 Å². The van der Waals surface area contributed by atoms with Gasteiger partial charge in [-0.25, -0.2) is 4.39 Å². The monoisotopic (exact) mass is 397 g/mol. The number of amides is 2. The number of nitrogens with zero attached hydrogens (tertiary/aromatic N) is 1. The lowest BCUT2D eigenvalue weighted by atomic mass is 10.1. The van der Waals surface area contributed by atoms with E-state index >= 15 is 0 Å². The van der Waals surface area contributed by atoms with E-state index in [4.69, 9.17) is 11.6 Å². The molecule has 1 heterocycles. The Hall–Kier alpha value is -3.25. The summed E-state index contributed by atoms with van der Waals surface area (Å²) in [5, 5.41) is 6.05. The quantitative estimate of drug-likeness (QED) is 0.657. The Morgan fingerprint density at radius 2 is 1.68 bits per heavy atom. The maximum atomic E-state index is 12.9. The van der Waals surface area contributed by atoms with E-state index in [1.165, 1.54) is 30.5 Å². The molecule has 5 nitrogen and oxygen atoms in total. The van der Waals surface area contributed by atoms with Gasteiger partial charge in [0.05, 0.1) is 0 Å². The number of halogens is 2. The van der Waals surface area contributed by atoms with Crippen molar-refractivity contribution in [2.45, 2.75) is 6.42 Å². The molecule has 3 rings (SSSR count). The van der Waals surface area contributed by atoms with Gasteiger partial charge in [0.2, 0.25) is 0 Å². The zero-order valence-corrected chi connectivity index (χ0v) is 15.5. The molecule has 0 fully saturated rings. The van der Waals surface area contributed by atoms with Gasteiger partial charge in [0.25, 0.3) is 11.8 Å². The molecule has 0 bridgehead atoms. The fourth-order valence-electron chi connectivity index (χ4n) is 2.49. The van der Waals surface area contributed by atoms with Crippen molar-refractivity contribution in [1.82, 2.24) is 10.3 Å². The van der Waals surface area contributed by atoms with Crippen LogP contribution in [-0.2, 0) is 6.42 Å². The van der Waals surface area contributed by atoms with Crippen LogP contribution in [0.15, 0.2) is 66.9 Å². The molecule has 0 aliphatic heterocycles. The highest BCUT2D eigenvalue weighted by Crippen LogP contribution is 2.14. The van der Waals surface area contributed by atoms with Gasteiger partial charge in [-0.05, 0) is 60.5 Å². The first-order valence-corrected chi connectivity index (χ1v) is 8.95. The van der Waals surface area contributed by atoms with Crippen LogP contribution < -0.4 is 10.6 Å². The lowest BCUT2D eigenvalue weighted by Gasteiger charge is -2.08. The first-order chi connectivity index (χ1) is 13.5. The number of benzene rings is 2. The smallest absolute Gasteiger partial charge is 0.269 e. The standard InChI is InChI=1S/C21H17ClFN3O2/c22-16-3-7-18(8-4-16)26-20(27)15-10-12-24-19(13-15)21(28)25-11-9-14-1-5-17(23)6-2-14/h1-8,10,12-13H,9,11H2,(H,25,28)(H,26,27). The third kappa shape index (κ3) is 5.37. The summed E-state index contributed by atoms with van der Waals surface area (Å²) >= 11 is 5.83. The molecule has 28 heavy (non-hydrogen) atoms. The molecule has 0 atom stereocenters. The molecule has 0 saturated heterocycles. The van der Waals surface area contributed by atoms with Gasteiger partial charge in [-0.2, -0.15) is 0 Å². The lowest BCUT2D eigenvalue weighted by molar-refractivity contribution is 0.0949. The minimum absolute atomic E-state index is 0.142. The normalized spacial score (nSPS) is 10.4. The van der Waals surface area contributed by atoms with Crippen molar-refractivity contribution in [3.63, 3.8) is 0 Å². The maximum absolute atomic E-state index is 12.9. The Bertz CT molecular complexity index is 976. The number of nitrogens with one attached hydrogen (secondary N) is 2. The fraction of sp³-hybridized carbons (Fsp3) is 0.0952. The van der Waals surface area contributed by atoms with Crippen LogP contribution in [0.3, 0.4) is 0 Å². The van der Waals surface area contributed by atoms with Crippen LogP contribution in [-0.4, -0.2) is 23.3 Å². The van der Waals surface area contributed by atoms with Crippen molar-refractivity contribution in [2.75, 3.05) is 11.9 Å². The molecule has 2 N–H and O–H groups in total. The summed E-state index contributed by atoms with van der Waals surface area (Å²) < 4.78 is 12.9. The lowest BCUT2D eigenvalue weighted by Crippen LogP contribution is -2.27. The minimum Gasteiger partial charge on any atom is -0.350 e. The topological polar surface area (TPSA) is 71.1 Å². The van der Waals surface area contributed by atoms with E-state index < -0.39 is 0 Å². The van der Waals surface area contributed by atoms with Crippen molar-refractivity contribution >= 4 is 29.1 Å². The van der Waals surface area contributed by atoms with Gasteiger partial charge < -0.3 is 10.6 Å². The number of aromatic nitrogens is 1. The predicted octanol–water partition coefficient (Wildman–Crippen LogP) is 4.10. The number of rotatable bonds is 6. The van der Waals surface area contributed by atoms with Gasteiger partial charge >= 0.3 is 0 Å². The van der Waals surface area contributed by atoms with E-state index in [0.717, 1.165) is 5.56 Å². The molecule has 1 aromatic heterocycles. The third-order valence-corrected chi connectivity index (χ3v) is 4.22. The highest BCUT2D eigenvalue weighted by Gasteiger charge is 2.12. The van der Waals surface area contributed by atoms with Gasteiger partial charge in [0, 0.05) is 29.0 Å². The van der Waals surface area contributed by atoms with Gasteiger partial charge in [0.15, 0.2) is 0 Å². The Kier molecular flexibility index (Phi) is 6.34. The summed E-state index contributed by atoms with van der Waals surface area (Å²) in [5.41, 5.74) is 1.96. The second kappa shape index (κ2) is 9.10. The van der Waals surface area contributed by atoms with Gasteiger partial charge in [-0.1, -0.05) is 23.7 Å². The number of carbonyl (C=O) groups excluding carboxylic acids is 2. The second-order valence-electron chi connectivity index (χ2n) is 6.02. The Labute approximate surface area is 166 Å². The van der Waals surface area contributed by atoms with E-state index in [-0.39, 0.29) is 23.3 Å². The van der Waals surface area contributed by atoms with E-state index in [0.29, 0.717) is 29.2 Å². The largest absolute Gasteiger partial charge is 0.350 e. The van der Waals surface area contributed by atoms with E-state index in [1.807, 2.05) is 0 Å². The molecule has 142 valence electrons. The molecule has 3 aromatic rings. The average molecular weight is 398 g/mol. The summed E-state index contributed by atoms with van der Waals surface area (Å²) in [5.74, 6) is -1.04. The summed E-state index contributed by atoms with van der Waals surface area (Å²) in [7, 11) is 0. The summed E-state index contributed by atoms with van der Waals surface area (Å²) in [6.45, 7) is 0.368. The molecule has 0 unspecified atom stereocenters. The van der Waals surface area contributed by atoms with Crippen LogP contribution in [0.4, 0.5) is 10.1 Å². The van der Waals surface area contributed by atoms with Gasteiger partial charge in [-0.3, -0.25) is 14.6 Å². The SMILES string of the molecule is O=C(Nc1ccc(Cl)cc1)c1ccnc(C(=O)NCCc2ccc(F)cc2)c1. The predicted molar refractivity (Wildman–Crippen MR) is 106 cm³/mol. The molecule has 2 aromatic carbocycles. The number of carbonyl (C=O) groups is 2. The van der Waals surface area contributed by atoms with Crippen LogP contribution in [0.1, 0.15) is 26.4 Å². The zero-order valence-electron chi connectivity index (χ0n) is 14.8. The van der Waals surface area contributed by atoms with Gasteiger partial charge in [0.1, 0.15) is 11.5 Å². The number of hydrogen-bond acceptors (Lipinski definition) is 3. The molecule has 0 aliphatic carbocycles. The number of anilines is 1. The van der Waals surface area contributed by atoms with Gasteiger partial charge in [-0.15, -0.1) is 0 Å². The summed E-state index contributed by atoms with van der Waals surface area (Å²) in [6, 6.07) is 15.8. The van der Waals surface area contributed by atoms with E-state index in [2.05, 4.69) is 15.6 Å². The van der Waals surface area contributed by atoms with Crippen LogP contribution in [0, 0.1) is 5.82 Å². The van der Waals surface area contributed by atoms with Crippen molar-refractivity contribution in [3.8, 4) is 0 Å². The molecular formula is C21H17ClFN3O2. The minimum atomic E-state index is -0.386. The molecule has 7 heteroatoms. The molecular weight excluding hydrogens is 381 g/mol. The Balaban J connectivity index is 1.58. The second-order valence-corrected chi connectivity index (χ2v) is 6.46. The summed E-state index contributed by atoms with van der Waals surface area (Å²) in [6.07, 6.45) is 1.97. The first kappa shape index (κ1) is 19.5. The molecule has 0 spiro atoms. The zero-order chi connectivity index (χ0) is 19.9. The molecule has 0 saturated carbocycles. The van der Waals surface area contributed by atoms with Crippen molar-refractivity contribution in [2.24, 2.45) is 0 Å². The molecule has 0 radical (unpaired) electrons. The molecule has 0 aliphatic rings. The number of hydrogen-bond donors (Lipinski definition) is 2. The fourth-order valence-corrected chi connectivity index (χ4v) is 2.62. The van der Waals surface area contributed by atoms with Crippen molar-refractivity contribution in [3.05, 3.63) is 94.5 Å². The van der Waals surface area contributed by atoms with E-state index in [9.17, 15) is 14.0 Å². The first-order valence-electron chi connectivity index (χ1n) is 8.57. The average Bonchev–Trinajstić information content (AvgIpc) is 2.71. The van der Waals surface area contributed by atoms with Crippen molar-refractivity contribution < 1.29 is 14.0 Å². The van der Waals surface area contributed by atoms with E-state index in [1.54, 1.807) is 36.4 Å². The maximum Gasteiger partial charge on any atom is 0.269 e. The van der Waals surface area contributed by atoms with Crippen LogP contribution >= 0.6 is 11.6 Å².